The zero-order chi connectivity index (χ0) is 12.6. The van der Waals surface area contributed by atoms with Gasteiger partial charge in [0.2, 0.25) is 0 Å². The lowest BCUT2D eigenvalue weighted by molar-refractivity contribution is 0.194. The van der Waals surface area contributed by atoms with E-state index in [1.54, 1.807) is 13.1 Å². The van der Waals surface area contributed by atoms with Crippen LogP contribution >= 0.6 is 15.9 Å². The largest absolute Gasteiger partial charge is 0.387 e. The second kappa shape index (κ2) is 4.58. The summed E-state index contributed by atoms with van der Waals surface area (Å²) in [4.78, 5) is 4.21. The lowest BCUT2D eigenvalue weighted by atomic mass is 10.2. The number of aliphatic hydroxyl groups excluding tert-OH is 1. The Labute approximate surface area is 108 Å². The Morgan fingerprint density at radius 3 is 2.47 bits per heavy atom. The minimum absolute atomic E-state index is 0.545. The highest BCUT2D eigenvalue weighted by Crippen LogP contribution is 2.23. The molecule has 5 heteroatoms. The first-order valence-corrected chi connectivity index (χ1v) is 6.16. The van der Waals surface area contributed by atoms with E-state index in [-0.39, 0.29) is 0 Å². The summed E-state index contributed by atoms with van der Waals surface area (Å²) in [6, 6.07) is 3.71. The zero-order valence-corrected chi connectivity index (χ0v) is 11.6. The van der Waals surface area contributed by atoms with E-state index >= 15 is 0 Å². The fraction of sp³-hybridized carbons (Fsp3) is 0.333. The monoisotopic (exact) mass is 295 g/mol. The summed E-state index contributed by atoms with van der Waals surface area (Å²) in [7, 11) is 0. The molecule has 0 unspecified atom stereocenters. The highest BCUT2D eigenvalue weighted by atomic mass is 79.9. The third kappa shape index (κ3) is 2.25. The van der Waals surface area contributed by atoms with Crippen molar-refractivity contribution >= 4 is 15.9 Å². The van der Waals surface area contributed by atoms with Gasteiger partial charge in [0.25, 0.3) is 0 Å². The molecule has 2 aromatic heterocycles. The number of rotatable bonds is 2. The number of aliphatic hydroxyl groups is 1. The normalized spacial score (nSPS) is 12.8. The molecule has 2 heterocycles. The van der Waals surface area contributed by atoms with E-state index in [2.05, 4.69) is 26.0 Å². The van der Waals surface area contributed by atoms with Crippen LogP contribution in [0.3, 0.4) is 0 Å². The highest BCUT2D eigenvalue weighted by molar-refractivity contribution is 9.10. The first kappa shape index (κ1) is 12.3. The van der Waals surface area contributed by atoms with Crippen LogP contribution < -0.4 is 0 Å². The summed E-state index contributed by atoms with van der Waals surface area (Å²) in [5, 5.41) is 13.8. The van der Waals surface area contributed by atoms with Crippen molar-refractivity contribution in [1.29, 1.82) is 0 Å². The molecule has 90 valence electrons. The van der Waals surface area contributed by atoms with E-state index < -0.39 is 6.10 Å². The van der Waals surface area contributed by atoms with Gasteiger partial charge in [0, 0.05) is 0 Å². The van der Waals surface area contributed by atoms with E-state index in [0.717, 1.165) is 21.5 Å². The third-order valence-corrected chi connectivity index (χ3v) is 3.79. The number of halogens is 1. The lowest BCUT2D eigenvalue weighted by Gasteiger charge is -2.06. The van der Waals surface area contributed by atoms with Crippen LogP contribution in [0.15, 0.2) is 22.8 Å². The topological polar surface area (TPSA) is 50.9 Å². The Kier molecular flexibility index (Phi) is 3.31. The molecule has 0 saturated carbocycles. The molecule has 17 heavy (non-hydrogen) atoms. The van der Waals surface area contributed by atoms with Crippen molar-refractivity contribution in [2.75, 3.05) is 0 Å². The molecule has 0 aromatic carbocycles. The summed E-state index contributed by atoms with van der Waals surface area (Å²) in [6.07, 6.45) is 1.17. The summed E-state index contributed by atoms with van der Waals surface area (Å²) < 4.78 is 2.84. The van der Waals surface area contributed by atoms with Gasteiger partial charge >= 0.3 is 0 Å². The maximum absolute atomic E-state index is 9.40. The van der Waals surface area contributed by atoms with Crippen LogP contribution in [0.5, 0.6) is 0 Å². The molecule has 0 saturated heterocycles. The molecular weight excluding hydrogens is 282 g/mol. The molecule has 2 aromatic rings. The Bertz CT molecular complexity index is 531. The lowest BCUT2D eigenvalue weighted by Crippen LogP contribution is -2.02. The molecular formula is C12H14BrN3O. The highest BCUT2D eigenvalue weighted by Gasteiger charge is 2.11. The van der Waals surface area contributed by atoms with E-state index in [9.17, 15) is 5.11 Å². The first-order valence-electron chi connectivity index (χ1n) is 5.37. The van der Waals surface area contributed by atoms with Crippen molar-refractivity contribution in [3.63, 3.8) is 0 Å². The molecule has 1 N–H and O–H groups in total. The number of hydrogen-bond donors (Lipinski definition) is 1. The molecule has 0 aliphatic rings. The van der Waals surface area contributed by atoms with Gasteiger partial charge < -0.3 is 5.11 Å². The molecule has 0 fully saturated rings. The number of nitrogens with zero attached hydrogens (tertiary/aromatic N) is 3. The molecule has 0 amide bonds. The number of aromatic nitrogens is 3. The second-order valence-electron chi connectivity index (χ2n) is 4.01. The van der Waals surface area contributed by atoms with Crippen LogP contribution in [0.4, 0.5) is 0 Å². The van der Waals surface area contributed by atoms with Gasteiger partial charge in [-0.25, -0.2) is 4.68 Å². The SMILES string of the molecule is Cc1nn(-c2ccc([C@H](C)O)nc2)c(C)c1Br. The van der Waals surface area contributed by atoms with Crippen molar-refractivity contribution in [1.82, 2.24) is 14.8 Å². The van der Waals surface area contributed by atoms with Crippen LogP contribution in [0.1, 0.15) is 30.1 Å². The van der Waals surface area contributed by atoms with Gasteiger partial charge in [-0.2, -0.15) is 5.10 Å². The van der Waals surface area contributed by atoms with Crippen LogP contribution in [0.25, 0.3) is 5.69 Å². The summed E-state index contributed by atoms with van der Waals surface area (Å²) in [5.41, 5.74) is 3.53. The predicted octanol–water partition coefficient (Wildman–Crippen LogP) is 2.70. The van der Waals surface area contributed by atoms with E-state index in [4.69, 9.17) is 0 Å². The summed E-state index contributed by atoms with van der Waals surface area (Å²) in [5.74, 6) is 0. The average Bonchev–Trinajstić information content (AvgIpc) is 2.57. The maximum atomic E-state index is 9.40. The van der Waals surface area contributed by atoms with Crippen LogP contribution in [-0.2, 0) is 0 Å². The Balaban J connectivity index is 2.43. The van der Waals surface area contributed by atoms with Crippen molar-refractivity contribution in [2.45, 2.75) is 26.9 Å². The standard InChI is InChI=1S/C12H14BrN3O/c1-7-12(13)8(2)16(15-7)10-4-5-11(9(3)17)14-6-10/h4-6,9,17H,1-3H3/t9-/m0/s1. The van der Waals surface area contributed by atoms with Gasteiger partial charge in [-0.05, 0) is 48.8 Å². The minimum Gasteiger partial charge on any atom is -0.387 e. The van der Waals surface area contributed by atoms with Gasteiger partial charge in [0.15, 0.2) is 0 Å². The number of hydrogen-bond acceptors (Lipinski definition) is 3. The van der Waals surface area contributed by atoms with Crippen LogP contribution in [0, 0.1) is 13.8 Å². The maximum Gasteiger partial charge on any atom is 0.0931 e. The smallest absolute Gasteiger partial charge is 0.0931 e. The van der Waals surface area contributed by atoms with Gasteiger partial charge in [-0.1, -0.05) is 0 Å². The van der Waals surface area contributed by atoms with Crippen molar-refractivity contribution in [3.05, 3.63) is 39.9 Å². The van der Waals surface area contributed by atoms with Crippen LogP contribution in [-0.4, -0.2) is 19.9 Å². The van der Waals surface area contributed by atoms with Gasteiger partial charge in [0.05, 0.1) is 39.5 Å². The Morgan fingerprint density at radius 1 is 1.35 bits per heavy atom. The molecule has 0 bridgehead atoms. The Hall–Kier alpha value is -1.20. The van der Waals surface area contributed by atoms with Crippen molar-refractivity contribution in [3.8, 4) is 5.69 Å². The summed E-state index contributed by atoms with van der Waals surface area (Å²) >= 11 is 3.49. The van der Waals surface area contributed by atoms with Crippen molar-refractivity contribution in [2.24, 2.45) is 0 Å². The molecule has 1 atom stereocenters. The van der Waals surface area contributed by atoms with Gasteiger partial charge in [0.1, 0.15) is 0 Å². The second-order valence-corrected chi connectivity index (χ2v) is 4.81. The fourth-order valence-electron chi connectivity index (χ4n) is 1.64. The molecule has 0 aliphatic heterocycles. The number of pyridine rings is 1. The summed E-state index contributed by atoms with van der Waals surface area (Å²) in [6.45, 7) is 5.64. The zero-order valence-electron chi connectivity index (χ0n) is 9.98. The fourth-order valence-corrected chi connectivity index (χ4v) is 1.89. The molecule has 0 spiro atoms. The minimum atomic E-state index is -0.545. The number of aryl methyl sites for hydroxylation is 1. The average molecular weight is 296 g/mol. The molecule has 0 radical (unpaired) electrons. The molecule has 4 nitrogen and oxygen atoms in total. The van der Waals surface area contributed by atoms with Crippen molar-refractivity contribution < 1.29 is 5.11 Å². The quantitative estimate of drug-likeness (QED) is 0.927. The van der Waals surface area contributed by atoms with E-state index in [1.165, 1.54) is 0 Å². The van der Waals surface area contributed by atoms with Gasteiger partial charge in [-0.15, -0.1) is 0 Å². The van der Waals surface area contributed by atoms with E-state index in [0.29, 0.717) is 5.69 Å². The molecule has 2 rings (SSSR count). The molecule has 0 aliphatic carbocycles. The van der Waals surface area contributed by atoms with Crippen LogP contribution in [0.2, 0.25) is 0 Å². The predicted molar refractivity (Wildman–Crippen MR) is 69.2 cm³/mol. The third-order valence-electron chi connectivity index (χ3n) is 2.65. The first-order chi connectivity index (χ1) is 8.00. The van der Waals surface area contributed by atoms with E-state index in [1.807, 2.05) is 30.7 Å². The Morgan fingerprint density at radius 2 is 2.06 bits per heavy atom. The van der Waals surface area contributed by atoms with Gasteiger partial charge in [-0.3, -0.25) is 4.98 Å².